The van der Waals surface area contributed by atoms with Crippen LogP contribution in [-0.4, -0.2) is 28.8 Å². The van der Waals surface area contributed by atoms with Gasteiger partial charge in [0.05, 0.1) is 17.1 Å². The molecule has 0 amide bonds. The highest BCUT2D eigenvalue weighted by atomic mass is 16.6. The first kappa shape index (κ1) is 17.2. The van der Waals surface area contributed by atoms with Crippen LogP contribution in [0.25, 0.3) is 0 Å². The van der Waals surface area contributed by atoms with Crippen LogP contribution in [0.2, 0.25) is 0 Å². The highest BCUT2D eigenvalue weighted by molar-refractivity contribution is 5.68. The van der Waals surface area contributed by atoms with E-state index in [1.807, 2.05) is 27.7 Å². The van der Waals surface area contributed by atoms with E-state index in [0.717, 1.165) is 0 Å². The maximum Gasteiger partial charge on any atom is 0.333 e. The molecule has 21 heavy (non-hydrogen) atoms. The molecular formula is C15H24N2O4. The van der Waals surface area contributed by atoms with Crippen LogP contribution in [0.5, 0.6) is 5.75 Å². The molecule has 0 aromatic heterocycles. The van der Waals surface area contributed by atoms with Gasteiger partial charge in [0, 0.05) is 6.54 Å². The molecule has 0 aliphatic rings. The summed E-state index contributed by atoms with van der Waals surface area (Å²) in [6.45, 7) is 7.93. The summed E-state index contributed by atoms with van der Waals surface area (Å²) < 4.78 is 5.47. The number of hydrogen-bond acceptors (Lipinski definition) is 5. The molecule has 0 saturated carbocycles. The zero-order valence-corrected chi connectivity index (χ0v) is 13.0. The van der Waals surface area contributed by atoms with Gasteiger partial charge in [0.25, 0.3) is 0 Å². The van der Waals surface area contributed by atoms with Crippen LogP contribution in [0.15, 0.2) is 18.2 Å². The lowest BCUT2D eigenvalue weighted by Crippen LogP contribution is -2.21. The average Bonchev–Trinajstić information content (AvgIpc) is 2.34. The Hall–Kier alpha value is -1.82. The Morgan fingerprint density at radius 2 is 2.00 bits per heavy atom. The standard InChI is InChI=1S/C15H24N2O4/c1-10(2)8-12(18)9-16-13-6-5-7-14(21-11(3)4)15(13)17(19)20/h5-7,10-12,16,18H,8-9H2,1-4H3. The highest BCUT2D eigenvalue weighted by Gasteiger charge is 2.22. The Labute approximate surface area is 125 Å². The predicted molar refractivity (Wildman–Crippen MR) is 82.8 cm³/mol. The van der Waals surface area contributed by atoms with Gasteiger partial charge in [-0.05, 0) is 38.3 Å². The smallest absolute Gasteiger partial charge is 0.333 e. The molecule has 0 bridgehead atoms. The SMILES string of the molecule is CC(C)CC(O)CNc1cccc(OC(C)C)c1[N+](=O)[O-]. The number of aliphatic hydroxyl groups excluding tert-OH is 1. The van der Waals surface area contributed by atoms with Gasteiger partial charge in [-0.15, -0.1) is 0 Å². The van der Waals surface area contributed by atoms with Crippen molar-refractivity contribution in [3.8, 4) is 5.75 Å². The second kappa shape index (κ2) is 7.83. The lowest BCUT2D eigenvalue weighted by molar-refractivity contribution is -0.385. The normalized spacial score (nSPS) is 12.5. The highest BCUT2D eigenvalue weighted by Crippen LogP contribution is 2.35. The minimum Gasteiger partial charge on any atom is -0.484 e. The number of ether oxygens (including phenoxy) is 1. The summed E-state index contributed by atoms with van der Waals surface area (Å²) in [5.41, 5.74) is 0.268. The van der Waals surface area contributed by atoms with Gasteiger partial charge in [0.2, 0.25) is 0 Å². The number of nitro benzene ring substituents is 1. The molecule has 118 valence electrons. The van der Waals surface area contributed by atoms with Gasteiger partial charge in [-0.25, -0.2) is 0 Å². The third-order valence-electron chi connectivity index (χ3n) is 2.82. The minimum atomic E-state index is -0.542. The van der Waals surface area contributed by atoms with Crippen molar-refractivity contribution in [2.45, 2.75) is 46.3 Å². The van der Waals surface area contributed by atoms with Crippen LogP contribution in [0.4, 0.5) is 11.4 Å². The summed E-state index contributed by atoms with van der Waals surface area (Å²) in [6, 6.07) is 4.89. The number of aliphatic hydroxyl groups is 1. The van der Waals surface area contributed by atoms with Crippen LogP contribution in [0, 0.1) is 16.0 Å². The molecule has 1 atom stereocenters. The third-order valence-corrected chi connectivity index (χ3v) is 2.82. The van der Waals surface area contributed by atoms with Crippen molar-refractivity contribution in [2.75, 3.05) is 11.9 Å². The number of rotatable bonds is 8. The van der Waals surface area contributed by atoms with Gasteiger partial charge in [-0.3, -0.25) is 10.1 Å². The van der Waals surface area contributed by atoms with E-state index in [0.29, 0.717) is 18.0 Å². The summed E-state index contributed by atoms with van der Waals surface area (Å²) in [5, 5.41) is 24.1. The largest absolute Gasteiger partial charge is 0.484 e. The molecule has 1 unspecified atom stereocenters. The lowest BCUT2D eigenvalue weighted by Gasteiger charge is -2.16. The zero-order valence-electron chi connectivity index (χ0n) is 13.0. The molecule has 0 fully saturated rings. The van der Waals surface area contributed by atoms with Crippen molar-refractivity contribution in [2.24, 2.45) is 5.92 Å². The summed E-state index contributed by atoms with van der Waals surface area (Å²) in [4.78, 5) is 10.8. The van der Waals surface area contributed by atoms with E-state index in [2.05, 4.69) is 5.32 Å². The van der Waals surface area contributed by atoms with Gasteiger partial charge in [0.15, 0.2) is 5.75 Å². The van der Waals surface area contributed by atoms with Crippen molar-refractivity contribution < 1.29 is 14.8 Å². The predicted octanol–water partition coefficient (Wildman–Crippen LogP) is 3.20. The van der Waals surface area contributed by atoms with Crippen LogP contribution in [-0.2, 0) is 0 Å². The van der Waals surface area contributed by atoms with Crippen molar-refractivity contribution >= 4 is 11.4 Å². The van der Waals surface area contributed by atoms with E-state index in [-0.39, 0.29) is 24.1 Å². The Morgan fingerprint density at radius 1 is 1.33 bits per heavy atom. The molecule has 0 spiro atoms. The molecule has 6 heteroatoms. The fraction of sp³-hybridized carbons (Fsp3) is 0.600. The summed E-state index contributed by atoms with van der Waals surface area (Å²) >= 11 is 0. The first-order chi connectivity index (χ1) is 9.81. The molecule has 0 aliphatic heterocycles. The molecule has 0 saturated heterocycles. The van der Waals surface area contributed by atoms with Crippen LogP contribution >= 0.6 is 0 Å². The van der Waals surface area contributed by atoms with Crippen molar-refractivity contribution in [3.05, 3.63) is 28.3 Å². The van der Waals surface area contributed by atoms with Crippen LogP contribution in [0.1, 0.15) is 34.1 Å². The minimum absolute atomic E-state index is 0.0945. The van der Waals surface area contributed by atoms with Crippen molar-refractivity contribution in [3.63, 3.8) is 0 Å². The molecular weight excluding hydrogens is 272 g/mol. The Kier molecular flexibility index (Phi) is 6.42. The van der Waals surface area contributed by atoms with Gasteiger partial charge in [-0.2, -0.15) is 0 Å². The Bertz CT molecular complexity index is 475. The van der Waals surface area contributed by atoms with E-state index in [1.165, 1.54) is 0 Å². The topological polar surface area (TPSA) is 84.6 Å². The number of anilines is 1. The number of nitrogens with zero attached hydrogens (tertiary/aromatic N) is 1. The number of nitro groups is 1. The fourth-order valence-corrected chi connectivity index (χ4v) is 2.06. The molecule has 1 aromatic rings. The van der Waals surface area contributed by atoms with E-state index < -0.39 is 11.0 Å². The molecule has 2 N–H and O–H groups in total. The first-order valence-electron chi connectivity index (χ1n) is 7.17. The zero-order chi connectivity index (χ0) is 16.0. The third kappa shape index (κ3) is 5.59. The van der Waals surface area contributed by atoms with Crippen molar-refractivity contribution in [1.29, 1.82) is 0 Å². The molecule has 0 aliphatic carbocycles. The lowest BCUT2D eigenvalue weighted by atomic mass is 10.1. The summed E-state index contributed by atoms with van der Waals surface area (Å²) in [6.07, 6.45) is -0.0482. The molecule has 0 radical (unpaired) electrons. The Balaban J connectivity index is 2.88. The second-order valence-corrected chi connectivity index (χ2v) is 5.74. The number of nitrogens with one attached hydrogen (secondary N) is 1. The molecule has 6 nitrogen and oxygen atoms in total. The van der Waals surface area contributed by atoms with Gasteiger partial charge in [-0.1, -0.05) is 19.9 Å². The van der Waals surface area contributed by atoms with Crippen molar-refractivity contribution in [1.82, 2.24) is 0 Å². The first-order valence-corrected chi connectivity index (χ1v) is 7.17. The van der Waals surface area contributed by atoms with E-state index >= 15 is 0 Å². The number of hydrogen-bond donors (Lipinski definition) is 2. The van der Waals surface area contributed by atoms with Gasteiger partial charge >= 0.3 is 5.69 Å². The molecule has 1 aromatic carbocycles. The van der Waals surface area contributed by atoms with Gasteiger partial charge < -0.3 is 15.2 Å². The van der Waals surface area contributed by atoms with Crippen LogP contribution < -0.4 is 10.1 Å². The molecule has 1 rings (SSSR count). The quantitative estimate of drug-likeness (QED) is 0.568. The fourth-order valence-electron chi connectivity index (χ4n) is 2.06. The molecule has 0 heterocycles. The number of para-hydroxylation sites is 1. The second-order valence-electron chi connectivity index (χ2n) is 5.74. The van der Waals surface area contributed by atoms with E-state index in [1.54, 1.807) is 18.2 Å². The summed E-state index contributed by atoms with van der Waals surface area (Å²) in [7, 11) is 0. The van der Waals surface area contributed by atoms with E-state index in [9.17, 15) is 15.2 Å². The number of benzene rings is 1. The maximum absolute atomic E-state index is 11.3. The van der Waals surface area contributed by atoms with E-state index in [4.69, 9.17) is 4.74 Å². The maximum atomic E-state index is 11.3. The van der Waals surface area contributed by atoms with Crippen LogP contribution in [0.3, 0.4) is 0 Å². The monoisotopic (exact) mass is 296 g/mol. The Morgan fingerprint density at radius 3 is 2.52 bits per heavy atom. The van der Waals surface area contributed by atoms with Gasteiger partial charge in [0.1, 0.15) is 5.69 Å². The average molecular weight is 296 g/mol. The summed E-state index contributed by atoms with van der Waals surface area (Å²) in [5.74, 6) is 0.603.